The molecule has 0 saturated heterocycles. The van der Waals surface area contributed by atoms with Crippen LogP contribution in [0.1, 0.15) is 24.2 Å². The van der Waals surface area contributed by atoms with Crippen molar-refractivity contribution in [2.75, 3.05) is 0 Å². The molecule has 0 heterocycles. The second-order valence-corrected chi connectivity index (χ2v) is 3.83. The minimum Gasteiger partial charge on any atom is -0.427 e. The molecule has 2 aromatic carbocycles. The number of benzene rings is 2. The van der Waals surface area contributed by atoms with Crippen molar-refractivity contribution in [2.24, 2.45) is 0 Å². The van der Waals surface area contributed by atoms with Gasteiger partial charge in [-0.25, -0.2) is 0 Å². The van der Waals surface area contributed by atoms with E-state index in [1.807, 2.05) is 48.5 Å². The molecule has 0 aromatic heterocycles. The van der Waals surface area contributed by atoms with Gasteiger partial charge in [0, 0.05) is 12.5 Å². The van der Waals surface area contributed by atoms with Crippen molar-refractivity contribution in [3.8, 4) is 5.75 Å². The average molecular weight is 256 g/mol. The summed E-state index contributed by atoms with van der Waals surface area (Å²) in [5.74, 6) is 0.428. The van der Waals surface area contributed by atoms with Crippen LogP contribution in [-0.4, -0.2) is 11.8 Å². The Bertz CT molecular complexity index is 518. The minimum absolute atomic E-state index is 0.121. The quantitative estimate of drug-likeness (QED) is 0.469. The molecule has 0 unspecified atom stereocenters. The fourth-order valence-electron chi connectivity index (χ4n) is 1.33. The number of esters is 1. The number of ketones is 1. The summed E-state index contributed by atoms with van der Waals surface area (Å²) in [7, 11) is 0. The Morgan fingerprint density at radius 3 is 1.63 bits per heavy atom. The summed E-state index contributed by atoms with van der Waals surface area (Å²) in [6.07, 6.45) is 0. The van der Waals surface area contributed by atoms with Gasteiger partial charge >= 0.3 is 5.97 Å². The highest BCUT2D eigenvalue weighted by atomic mass is 16.5. The molecule has 0 atom stereocenters. The second-order valence-electron chi connectivity index (χ2n) is 3.83. The highest BCUT2D eigenvalue weighted by Gasteiger charge is 1.93. The third-order valence-corrected chi connectivity index (χ3v) is 2.19. The Labute approximate surface area is 112 Å². The molecule has 0 saturated carbocycles. The average Bonchev–Trinajstić information content (AvgIpc) is 2.41. The molecule has 2 rings (SSSR count). The SMILES string of the molecule is CC(=O)Oc1ccccc1.CC(=O)c1ccccc1. The van der Waals surface area contributed by atoms with E-state index >= 15 is 0 Å². The fraction of sp³-hybridized carbons (Fsp3) is 0.125. The van der Waals surface area contributed by atoms with E-state index in [1.165, 1.54) is 6.92 Å². The van der Waals surface area contributed by atoms with Crippen molar-refractivity contribution in [3.63, 3.8) is 0 Å². The van der Waals surface area contributed by atoms with Crippen molar-refractivity contribution >= 4 is 11.8 Å². The number of Topliss-reactive ketones (excluding diaryl/α,β-unsaturated/α-hetero) is 1. The summed E-state index contributed by atoms with van der Waals surface area (Å²) < 4.78 is 4.78. The van der Waals surface area contributed by atoms with Crippen LogP contribution in [0.5, 0.6) is 5.75 Å². The van der Waals surface area contributed by atoms with Crippen LogP contribution >= 0.6 is 0 Å². The molecule has 0 spiro atoms. The summed E-state index contributed by atoms with van der Waals surface area (Å²) in [6.45, 7) is 2.95. The molecule has 0 aliphatic heterocycles. The predicted molar refractivity (Wildman–Crippen MR) is 74.2 cm³/mol. The van der Waals surface area contributed by atoms with E-state index in [-0.39, 0.29) is 11.8 Å². The smallest absolute Gasteiger partial charge is 0.308 e. The lowest BCUT2D eigenvalue weighted by Crippen LogP contribution is -2.00. The Morgan fingerprint density at radius 1 is 0.789 bits per heavy atom. The minimum atomic E-state index is -0.286. The van der Waals surface area contributed by atoms with E-state index in [1.54, 1.807) is 19.1 Å². The monoisotopic (exact) mass is 256 g/mol. The van der Waals surface area contributed by atoms with Gasteiger partial charge in [-0.15, -0.1) is 0 Å². The van der Waals surface area contributed by atoms with Gasteiger partial charge in [-0.3, -0.25) is 9.59 Å². The summed E-state index contributed by atoms with van der Waals surface area (Å²) in [6, 6.07) is 18.2. The number of ether oxygens (including phenoxy) is 1. The lowest BCUT2D eigenvalue weighted by atomic mass is 10.2. The van der Waals surface area contributed by atoms with Gasteiger partial charge in [-0.05, 0) is 19.1 Å². The van der Waals surface area contributed by atoms with Crippen molar-refractivity contribution < 1.29 is 14.3 Å². The zero-order valence-corrected chi connectivity index (χ0v) is 11.0. The standard InChI is InChI=1S/C8H8O2.C8H8O/c1-7(9)10-8-5-3-2-4-6-8;1-7(9)8-5-3-2-4-6-8/h2-6H,1H3;2-6H,1H3. The molecule has 0 aliphatic carbocycles. The van der Waals surface area contributed by atoms with E-state index in [4.69, 9.17) is 4.74 Å². The topological polar surface area (TPSA) is 43.4 Å². The molecule has 0 amide bonds. The normalized spacial score (nSPS) is 8.95. The largest absolute Gasteiger partial charge is 0.427 e. The molecule has 19 heavy (non-hydrogen) atoms. The molecule has 3 nitrogen and oxygen atoms in total. The number of rotatable bonds is 2. The summed E-state index contributed by atoms with van der Waals surface area (Å²) in [4.78, 5) is 21.0. The van der Waals surface area contributed by atoms with Gasteiger partial charge in [-0.2, -0.15) is 0 Å². The number of hydrogen-bond donors (Lipinski definition) is 0. The summed E-state index contributed by atoms with van der Waals surface area (Å²) in [5, 5.41) is 0. The molecular weight excluding hydrogens is 240 g/mol. The molecule has 0 N–H and O–H groups in total. The van der Waals surface area contributed by atoms with Gasteiger partial charge in [0.25, 0.3) is 0 Å². The first-order valence-electron chi connectivity index (χ1n) is 5.89. The lowest BCUT2D eigenvalue weighted by Gasteiger charge is -1.97. The molecule has 0 radical (unpaired) electrons. The molecule has 0 aliphatic rings. The van der Waals surface area contributed by atoms with Crippen molar-refractivity contribution in [1.29, 1.82) is 0 Å². The second kappa shape index (κ2) is 7.82. The Hall–Kier alpha value is -2.42. The molecule has 0 bridgehead atoms. The van der Waals surface area contributed by atoms with Gasteiger partial charge in [-0.1, -0.05) is 48.5 Å². The predicted octanol–water partition coefficient (Wildman–Crippen LogP) is 3.50. The number of carbonyl (C=O) groups excluding carboxylic acids is 2. The summed E-state index contributed by atoms with van der Waals surface area (Å²) >= 11 is 0. The van der Waals surface area contributed by atoms with Crippen LogP contribution in [-0.2, 0) is 4.79 Å². The van der Waals surface area contributed by atoms with Crippen molar-refractivity contribution in [1.82, 2.24) is 0 Å². The van der Waals surface area contributed by atoms with Gasteiger partial charge in [0.15, 0.2) is 5.78 Å². The maximum absolute atomic E-state index is 10.6. The van der Waals surface area contributed by atoms with Crippen molar-refractivity contribution in [3.05, 3.63) is 66.2 Å². The number of carbonyl (C=O) groups is 2. The first-order chi connectivity index (χ1) is 9.09. The van der Waals surface area contributed by atoms with Gasteiger partial charge < -0.3 is 4.74 Å². The van der Waals surface area contributed by atoms with Gasteiger partial charge in [0.1, 0.15) is 5.75 Å². The molecular formula is C16H16O3. The third kappa shape index (κ3) is 6.17. The van der Waals surface area contributed by atoms with Crippen LogP contribution in [0, 0.1) is 0 Å². The molecule has 3 heteroatoms. The van der Waals surface area contributed by atoms with E-state index in [2.05, 4.69) is 0 Å². The highest BCUT2D eigenvalue weighted by Crippen LogP contribution is 2.07. The Morgan fingerprint density at radius 2 is 1.26 bits per heavy atom. The molecule has 98 valence electrons. The Balaban J connectivity index is 0.000000191. The first-order valence-corrected chi connectivity index (χ1v) is 5.89. The van der Waals surface area contributed by atoms with Crippen LogP contribution < -0.4 is 4.74 Å². The molecule has 0 fully saturated rings. The number of hydrogen-bond acceptors (Lipinski definition) is 3. The van der Waals surface area contributed by atoms with Gasteiger partial charge in [0.05, 0.1) is 0 Å². The maximum atomic E-state index is 10.6. The molecule has 2 aromatic rings. The van der Waals surface area contributed by atoms with E-state index in [9.17, 15) is 9.59 Å². The fourth-order valence-corrected chi connectivity index (χ4v) is 1.33. The van der Waals surface area contributed by atoms with Crippen molar-refractivity contribution in [2.45, 2.75) is 13.8 Å². The lowest BCUT2D eigenvalue weighted by molar-refractivity contribution is -0.131. The van der Waals surface area contributed by atoms with E-state index in [0.717, 1.165) is 5.56 Å². The third-order valence-electron chi connectivity index (χ3n) is 2.19. The van der Waals surface area contributed by atoms with Crippen LogP contribution in [0.25, 0.3) is 0 Å². The van der Waals surface area contributed by atoms with Gasteiger partial charge in [0.2, 0.25) is 0 Å². The summed E-state index contributed by atoms with van der Waals surface area (Å²) in [5.41, 5.74) is 0.775. The van der Waals surface area contributed by atoms with Crippen LogP contribution in [0.2, 0.25) is 0 Å². The zero-order valence-electron chi connectivity index (χ0n) is 11.0. The van der Waals surface area contributed by atoms with E-state index < -0.39 is 0 Å². The zero-order chi connectivity index (χ0) is 14.1. The van der Waals surface area contributed by atoms with Crippen LogP contribution in [0.4, 0.5) is 0 Å². The maximum Gasteiger partial charge on any atom is 0.308 e. The van der Waals surface area contributed by atoms with Crippen LogP contribution in [0.15, 0.2) is 60.7 Å². The first kappa shape index (κ1) is 14.6. The van der Waals surface area contributed by atoms with Crippen LogP contribution in [0.3, 0.4) is 0 Å². The number of para-hydroxylation sites is 1. The highest BCUT2D eigenvalue weighted by molar-refractivity contribution is 5.93. The Kier molecular flexibility index (Phi) is 6.03. The van der Waals surface area contributed by atoms with E-state index in [0.29, 0.717) is 5.75 Å².